The molecule has 0 unspecified atom stereocenters. The summed E-state index contributed by atoms with van der Waals surface area (Å²) in [6.07, 6.45) is 0. The fourth-order valence-corrected chi connectivity index (χ4v) is 3.15. The molecule has 0 atom stereocenters. The van der Waals surface area contributed by atoms with Gasteiger partial charge in [0.05, 0.1) is 12.3 Å². The van der Waals surface area contributed by atoms with Crippen LogP contribution in [0.4, 0.5) is 5.69 Å². The van der Waals surface area contributed by atoms with Gasteiger partial charge >= 0.3 is 0 Å². The van der Waals surface area contributed by atoms with Gasteiger partial charge in [0, 0.05) is 43.4 Å². The van der Waals surface area contributed by atoms with Crippen molar-refractivity contribution < 1.29 is 8.42 Å². The fourth-order valence-electron chi connectivity index (χ4n) is 2.42. The number of nitrogens with one attached hydrogen (secondary N) is 1. The Kier molecular flexibility index (Phi) is 9.25. The van der Waals surface area contributed by atoms with Gasteiger partial charge in [0.2, 0.25) is 10.0 Å². The molecule has 10 heteroatoms. The molecule has 1 fully saturated rings. The number of sulfonamides is 1. The van der Waals surface area contributed by atoms with E-state index in [1.807, 2.05) is 29.2 Å². The molecule has 1 aliphatic heterocycles. The van der Waals surface area contributed by atoms with Crippen LogP contribution in [0.3, 0.4) is 0 Å². The summed E-state index contributed by atoms with van der Waals surface area (Å²) in [5.74, 6) is 0.528. The molecule has 0 bridgehead atoms. The number of piperazine rings is 1. The van der Waals surface area contributed by atoms with E-state index in [-0.39, 0.29) is 36.3 Å². The number of guanidine groups is 1. The molecular weight excluding hydrogens is 477 g/mol. The summed E-state index contributed by atoms with van der Waals surface area (Å²) < 4.78 is 25.1. The van der Waals surface area contributed by atoms with Crippen LogP contribution in [0, 0.1) is 0 Å². The highest BCUT2D eigenvalue weighted by molar-refractivity contribution is 14.0. The lowest BCUT2D eigenvalue weighted by atomic mass is 10.2. The lowest BCUT2D eigenvalue weighted by Crippen LogP contribution is -2.51. The van der Waals surface area contributed by atoms with Crippen LogP contribution in [0.15, 0.2) is 29.3 Å². The highest BCUT2D eigenvalue weighted by Gasteiger charge is 2.18. The van der Waals surface area contributed by atoms with E-state index in [1.165, 1.54) is 0 Å². The summed E-state index contributed by atoms with van der Waals surface area (Å²) in [4.78, 5) is 8.54. The van der Waals surface area contributed by atoms with E-state index >= 15 is 0 Å². The van der Waals surface area contributed by atoms with Crippen molar-refractivity contribution in [1.82, 2.24) is 9.62 Å². The van der Waals surface area contributed by atoms with Gasteiger partial charge in [-0.2, -0.15) is 0 Å². The Morgan fingerprint density at radius 2 is 1.84 bits per heavy atom. The largest absolute Gasteiger partial charge is 0.370 e. The smallest absolute Gasteiger partial charge is 0.211 e. The second kappa shape index (κ2) is 10.4. The zero-order chi connectivity index (χ0) is 17.6. The summed E-state index contributed by atoms with van der Waals surface area (Å²) in [5.41, 5.74) is 7.14. The Labute approximate surface area is 171 Å². The Morgan fingerprint density at radius 3 is 2.40 bits per heavy atom. The summed E-state index contributed by atoms with van der Waals surface area (Å²) in [7, 11) is -3.17. The van der Waals surface area contributed by atoms with Gasteiger partial charge in [-0.15, -0.1) is 24.0 Å². The lowest BCUT2D eigenvalue weighted by molar-refractivity contribution is 0.381. The van der Waals surface area contributed by atoms with Crippen LogP contribution in [-0.4, -0.2) is 64.3 Å². The van der Waals surface area contributed by atoms with Crippen molar-refractivity contribution in [3.63, 3.8) is 0 Å². The zero-order valence-electron chi connectivity index (χ0n) is 14.2. The molecule has 7 nitrogen and oxygen atoms in total. The van der Waals surface area contributed by atoms with Crippen molar-refractivity contribution in [2.24, 2.45) is 10.7 Å². The van der Waals surface area contributed by atoms with Crippen LogP contribution in [0.2, 0.25) is 5.02 Å². The Bertz CT molecular complexity index is 661. The number of halogens is 2. The van der Waals surface area contributed by atoms with E-state index < -0.39 is 10.0 Å². The van der Waals surface area contributed by atoms with Crippen LogP contribution in [0.5, 0.6) is 0 Å². The van der Waals surface area contributed by atoms with Crippen molar-refractivity contribution in [3.05, 3.63) is 29.3 Å². The summed E-state index contributed by atoms with van der Waals surface area (Å²) >= 11 is 5.91. The van der Waals surface area contributed by atoms with Crippen molar-refractivity contribution in [3.8, 4) is 0 Å². The average molecular weight is 502 g/mol. The minimum Gasteiger partial charge on any atom is -0.370 e. The van der Waals surface area contributed by atoms with E-state index in [2.05, 4.69) is 14.6 Å². The molecule has 0 saturated carbocycles. The Morgan fingerprint density at radius 1 is 1.24 bits per heavy atom. The number of benzene rings is 1. The molecule has 3 N–H and O–H groups in total. The van der Waals surface area contributed by atoms with Gasteiger partial charge in [-0.25, -0.2) is 13.1 Å². The number of aliphatic imine (C=N–C) groups is 1. The molecule has 0 radical (unpaired) electrons. The van der Waals surface area contributed by atoms with Crippen LogP contribution in [0.1, 0.15) is 6.92 Å². The number of anilines is 1. The highest BCUT2D eigenvalue weighted by atomic mass is 127. The number of hydrogen-bond acceptors (Lipinski definition) is 4. The monoisotopic (exact) mass is 501 g/mol. The van der Waals surface area contributed by atoms with Gasteiger partial charge in [-0.3, -0.25) is 4.99 Å². The van der Waals surface area contributed by atoms with Gasteiger partial charge < -0.3 is 15.5 Å². The quantitative estimate of drug-likeness (QED) is 0.266. The van der Waals surface area contributed by atoms with Crippen molar-refractivity contribution in [2.75, 3.05) is 49.9 Å². The minimum atomic E-state index is -3.17. The maximum absolute atomic E-state index is 11.3. The van der Waals surface area contributed by atoms with E-state index in [4.69, 9.17) is 17.3 Å². The lowest BCUT2D eigenvalue weighted by Gasteiger charge is -2.36. The molecule has 0 aliphatic carbocycles. The molecule has 0 amide bonds. The molecular formula is C15H25ClIN5O2S. The van der Waals surface area contributed by atoms with E-state index in [0.717, 1.165) is 36.9 Å². The molecule has 1 aliphatic rings. The van der Waals surface area contributed by atoms with Crippen LogP contribution >= 0.6 is 35.6 Å². The molecule has 1 aromatic carbocycles. The third-order valence-electron chi connectivity index (χ3n) is 3.88. The average Bonchev–Trinajstić information content (AvgIpc) is 2.59. The van der Waals surface area contributed by atoms with Gasteiger partial charge in [0.1, 0.15) is 0 Å². The van der Waals surface area contributed by atoms with Crippen LogP contribution in [0.25, 0.3) is 0 Å². The van der Waals surface area contributed by atoms with Gasteiger partial charge in [-0.1, -0.05) is 11.6 Å². The first-order valence-corrected chi connectivity index (χ1v) is 9.97. The van der Waals surface area contributed by atoms with Gasteiger partial charge in [0.15, 0.2) is 5.96 Å². The summed E-state index contributed by atoms with van der Waals surface area (Å²) in [6, 6.07) is 7.79. The highest BCUT2D eigenvalue weighted by Crippen LogP contribution is 2.19. The molecule has 142 valence electrons. The van der Waals surface area contributed by atoms with Crippen LogP contribution in [-0.2, 0) is 10.0 Å². The number of nitrogens with two attached hydrogens (primary N) is 1. The first-order chi connectivity index (χ1) is 11.4. The third-order valence-corrected chi connectivity index (χ3v) is 5.54. The predicted molar refractivity (Wildman–Crippen MR) is 115 cm³/mol. The molecule has 1 aromatic rings. The maximum Gasteiger partial charge on any atom is 0.211 e. The minimum absolute atomic E-state index is 0. The molecule has 0 spiro atoms. The van der Waals surface area contributed by atoms with E-state index in [1.54, 1.807) is 6.92 Å². The molecule has 25 heavy (non-hydrogen) atoms. The molecule has 2 rings (SSSR count). The topological polar surface area (TPSA) is 91.0 Å². The molecule has 1 heterocycles. The maximum atomic E-state index is 11.3. The number of rotatable bonds is 6. The molecule has 1 saturated heterocycles. The second-order valence-electron chi connectivity index (χ2n) is 5.49. The SMILES string of the molecule is CCS(=O)(=O)NCCN=C(N)N1CCN(c2ccc(Cl)cc2)CC1.I. The standard InChI is InChI=1S/C15H24ClN5O2S.HI/c1-2-24(22,23)19-8-7-18-15(17)21-11-9-20(10-12-21)14-5-3-13(16)4-6-14;/h3-6,19H,2,7-12H2,1H3,(H2,17,18);1H. The molecule has 0 aromatic heterocycles. The van der Waals surface area contributed by atoms with Crippen LogP contribution < -0.4 is 15.4 Å². The number of nitrogens with zero attached hydrogens (tertiary/aromatic N) is 3. The van der Waals surface area contributed by atoms with Crippen molar-refractivity contribution in [2.45, 2.75) is 6.92 Å². The second-order valence-corrected chi connectivity index (χ2v) is 8.02. The zero-order valence-corrected chi connectivity index (χ0v) is 18.1. The van der Waals surface area contributed by atoms with Gasteiger partial charge in [-0.05, 0) is 31.2 Å². The Hall–Kier alpha value is -0.780. The van der Waals surface area contributed by atoms with Crippen molar-refractivity contribution in [1.29, 1.82) is 0 Å². The summed E-state index contributed by atoms with van der Waals surface area (Å²) in [5, 5.41) is 0.729. The van der Waals surface area contributed by atoms with Gasteiger partial charge in [0.25, 0.3) is 0 Å². The first kappa shape index (κ1) is 22.3. The fraction of sp³-hybridized carbons (Fsp3) is 0.533. The van der Waals surface area contributed by atoms with Crippen molar-refractivity contribution >= 4 is 57.2 Å². The third kappa shape index (κ3) is 7.16. The van der Waals surface area contributed by atoms with E-state index in [0.29, 0.717) is 12.5 Å². The first-order valence-electron chi connectivity index (χ1n) is 7.94. The normalized spacial score (nSPS) is 15.8. The van der Waals surface area contributed by atoms with E-state index in [9.17, 15) is 8.42 Å². The number of hydrogen-bond donors (Lipinski definition) is 2. The summed E-state index contributed by atoms with van der Waals surface area (Å²) in [6.45, 7) is 5.45. The predicted octanol–water partition coefficient (Wildman–Crippen LogP) is 1.33. The Balaban J connectivity index is 0.00000312.